The molecule has 3 aromatic heterocycles. The molecular weight excluding hydrogens is 564 g/mol. The van der Waals surface area contributed by atoms with Crippen LogP contribution < -0.4 is 15.0 Å². The minimum atomic E-state index is -2.14. The number of carbonyl (C=O) groups is 1. The van der Waals surface area contributed by atoms with Gasteiger partial charge < -0.3 is 19.7 Å². The summed E-state index contributed by atoms with van der Waals surface area (Å²) in [5.74, 6) is 1.78. The van der Waals surface area contributed by atoms with Crippen LogP contribution in [0.1, 0.15) is 41.4 Å². The first-order valence-corrected chi connectivity index (χ1v) is 14.9. The molecule has 9 nitrogen and oxygen atoms in total. The molecule has 5 heterocycles. The molecule has 2 unspecified atom stereocenters. The summed E-state index contributed by atoms with van der Waals surface area (Å²) in [4.78, 5) is 28.3. The Kier molecular flexibility index (Phi) is 8.07. The summed E-state index contributed by atoms with van der Waals surface area (Å²) in [6.45, 7) is 2.80. The van der Waals surface area contributed by atoms with Gasteiger partial charge in [-0.15, -0.1) is 0 Å². The van der Waals surface area contributed by atoms with E-state index in [0.717, 1.165) is 17.4 Å². The Hall–Kier alpha value is -4.03. The summed E-state index contributed by atoms with van der Waals surface area (Å²) >= 11 is 0. The van der Waals surface area contributed by atoms with Gasteiger partial charge in [-0.3, -0.25) is 14.0 Å². The van der Waals surface area contributed by atoms with E-state index in [2.05, 4.69) is 22.2 Å². The standard InChI is InChI=1S/C26H21F2N5O4S.C4H8/c27-19-8-16(9-22-18(19)13-36-14-23(28)38(22)35)26(34)31-12-17-10-20-15(11-30-17)3-4-24(32-20)33-6-7-37-21-2-1-5-29-25(21)33;1-4-2-3-4/h1-5,8-11,23H,6-7,12-14H2,(H,31,34);4H,2-3H2,1H3. The van der Waals surface area contributed by atoms with E-state index in [4.69, 9.17) is 14.5 Å². The maximum absolute atomic E-state index is 14.6. The van der Waals surface area contributed by atoms with E-state index in [1.807, 2.05) is 29.2 Å². The van der Waals surface area contributed by atoms with Crippen molar-refractivity contribution in [1.82, 2.24) is 20.3 Å². The summed E-state index contributed by atoms with van der Waals surface area (Å²) in [6.07, 6.45) is 6.33. The smallest absolute Gasteiger partial charge is 0.251 e. The fraction of sp³-hybridized carbons (Fsp3) is 0.333. The van der Waals surface area contributed by atoms with Crippen molar-refractivity contribution in [2.75, 3.05) is 24.7 Å². The zero-order valence-corrected chi connectivity index (χ0v) is 23.7. The van der Waals surface area contributed by atoms with Gasteiger partial charge >= 0.3 is 0 Å². The predicted octanol–water partition coefficient (Wildman–Crippen LogP) is 4.97. The average Bonchev–Trinajstić information content (AvgIpc) is 3.82. The van der Waals surface area contributed by atoms with E-state index in [1.54, 1.807) is 18.5 Å². The van der Waals surface area contributed by atoms with Gasteiger partial charge in [0.25, 0.3) is 5.91 Å². The first-order chi connectivity index (χ1) is 20.4. The molecule has 2 atom stereocenters. The summed E-state index contributed by atoms with van der Waals surface area (Å²) in [5.41, 5.74) is -0.660. The highest BCUT2D eigenvalue weighted by Crippen LogP contribution is 2.34. The van der Waals surface area contributed by atoms with Gasteiger partial charge in [-0.25, -0.2) is 18.7 Å². The average molecular weight is 594 g/mol. The van der Waals surface area contributed by atoms with Gasteiger partial charge in [-0.05, 0) is 48.4 Å². The number of pyridine rings is 3. The molecule has 1 amide bonds. The lowest BCUT2D eigenvalue weighted by molar-refractivity contribution is 0.0942. The number of fused-ring (bicyclic) bond motifs is 3. The molecule has 4 aromatic rings. The zero-order chi connectivity index (χ0) is 29.2. The predicted molar refractivity (Wildman–Crippen MR) is 153 cm³/mol. The maximum atomic E-state index is 14.6. The molecule has 1 saturated carbocycles. The summed E-state index contributed by atoms with van der Waals surface area (Å²) in [6, 6.07) is 11.5. The van der Waals surface area contributed by atoms with Gasteiger partial charge in [0, 0.05) is 28.9 Å². The number of aromatic nitrogens is 3. The van der Waals surface area contributed by atoms with Gasteiger partial charge in [0.2, 0.25) is 5.50 Å². The summed E-state index contributed by atoms with van der Waals surface area (Å²) in [5, 5.41) is 3.51. The number of hydrogen-bond donors (Lipinski definition) is 1. The summed E-state index contributed by atoms with van der Waals surface area (Å²) in [7, 11) is -2.14. The molecule has 1 aromatic carbocycles. The lowest BCUT2D eigenvalue weighted by Gasteiger charge is -2.29. The normalized spacial score (nSPS) is 19.5. The van der Waals surface area contributed by atoms with Crippen molar-refractivity contribution < 1.29 is 27.3 Å². The SMILES string of the molecule is CC1CC1.O=C(NCc1cc2nc(N3CCOc4cccnc43)ccc2cn1)c1cc(F)c2c(c1)S(=O)C(F)COC2. The maximum Gasteiger partial charge on any atom is 0.251 e. The largest absolute Gasteiger partial charge is 0.488 e. The quantitative estimate of drug-likeness (QED) is 0.354. The first-order valence-electron chi connectivity index (χ1n) is 13.7. The Bertz CT molecular complexity index is 1670. The molecule has 7 rings (SSSR count). The van der Waals surface area contributed by atoms with Crippen LogP contribution in [0, 0.1) is 11.7 Å². The molecule has 0 saturated heterocycles. The molecule has 0 bridgehead atoms. The monoisotopic (exact) mass is 593 g/mol. The van der Waals surface area contributed by atoms with E-state index in [0.29, 0.717) is 41.7 Å². The number of ether oxygens (including phenoxy) is 2. The highest BCUT2D eigenvalue weighted by Gasteiger charge is 2.28. The number of amides is 1. The minimum Gasteiger partial charge on any atom is -0.488 e. The third kappa shape index (κ3) is 6.09. The first kappa shape index (κ1) is 28.1. The Morgan fingerprint density at radius 3 is 2.83 bits per heavy atom. The van der Waals surface area contributed by atoms with Crippen LogP contribution in [0.4, 0.5) is 20.4 Å². The fourth-order valence-electron chi connectivity index (χ4n) is 4.52. The molecule has 1 aliphatic carbocycles. The lowest BCUT2D eigenvalue weighted by atomic mass is 10.1. The second kappa shape index (κ2) is 12.1. The topological polar surface area (TPSA) is 107 Å². The molecule has 218 valence electrons. The van der Waals surface area contributed by atoms with Crippen molar-refractivity contribution >= 4 is 39.2 Å². The Balaban J connectivity index is 0.000000729. The molecule has 3 aliphatic rings. The van der Waals surface area contributed by atoms with Crippen LogP contribution >= 0.6 is 0 Å². The number of nitrogens with zero attached hydrogens (tertiary/aromatic N) is 4. The van der Waals surface area contributed by atoms with Crippen molar-refractivity contribution in [3.8, 4) is 5.75 Å². The highest BCUT2D eigenvalue weighted by atomic mass is 32.2. The van der Waals surface area contributed by atoms with Gasteiger partial charge in [-0.2, -0.15) is 0 Å². The molecule has 0 radical (unpaired) electrons. The van der Waals surface area contributed by atoms with Crippen LogP contribution in [0.5, 0.6) is 5.75 Å². The van der Waals surface area contributed by atoms with Crippen LogP contribution in [0.2, 0.25) is 0 Å². The third-order valence-corrected chi connectivity index (χ3v) is 8.53. The van der Waals surface area contributed by atoms with E-state index in [9.17, 15) is 17.8 Å². The molecule has 0 spiro atoms. The molecule has 1 N–H and O–H groups in total. The summed E-state index contributed by atoms with van der Waals surface area (Å²) < 4.78 is 51.8. The van der Waals surface area contributed by atoms with Gasteiger partial charge in [0.05, 0.1) is 53.2 Å². The molecule has 12 heteroatoms. The number of rotatable bonds is 4. The van der Waals surface area contributed by atoms with Gasteiger partial charge in [0.1, 0.15) is 18.2 Å². The van der Waals surface area contributed by atoms with E-state index < -0.39 is 34.6 Å². The number of alkyl halides is 1. The Morgan fingerprint density at radius 2 is 2.02 bits per heavy atom. The van der Waals surface area contributed by atoms with Crippen molar-refractivity contribution in [2.24, 2.45) is 5.92 Å². The van der Waals surface area contributed by atoms with Crippen molar-refractivity contribution in [2.45, 2.75) is 43.3 Å². The van der Waals surface area contributed by atoms with Crippen LogP contribution in [0.15, 0.2) is 59.8 Å². The number of carbonyl (C=O) groups excluding carboxylic acids is 1. The van der Waals surface area contributed by atoms with E-state index in [1.165, 1.54) is 18.9 Å². The number of benzene rings is 1. The second-order valence-electron chi connectivity index (χ2n) is 10.4. The number of hydrogen-bond acceptors (Lipinski definition) is 8. The number of anilines is 2. The molecular formula is C30H29F2N5O4S. The Labute approximate surface area is 243 Å². The Morgan fingerprint density at radius 1 is 1.19 bits per heavy atom. The van der Waals surface area contributed by atoms with E-state index >= 15 is 0 Å². The van der Waals surface area contributed by atoms with Gasteiger partial charge in [0.15, 0.2) is 11.6 Å². The van der Waals surface area contributed by atoms with Crippen LogP contribution in [-0.4, -0.2) is 50.3 Å². The van der Waals surface area contributed by atoms with Crippen LogP contribution in [-0.2, 0) is 28.7 Å². The van der Waals surface area contributed by atoms with Crippen molar-refractivity contribution in [1.29, 1.82) is 0 Å². The molecule has 42 heavy (non-hydrogen) atoms. The van der Waals surface area contributed by atoms with Crippen molar-refractivity contribution in [3.63, 3.8) is 0 Å². The lowest BCUT2D eigenvalue weighted by Crippen LogP contribution is -2.30. The minimum absolute atomic E-state index is 0.00352. The van der Waals surface area contributed by atoms with Crippen LogP contribution in [0.3, 0.4) is 0 Å². The van der Waals surface area contributed by atoms with Gasteiger partial charge in [-0.1, -0.05) is 19.8 Å². The second-order valence-corrected chi connectivity index (χ2v) is 11.9. The molecule has 2 aliphatic heterocycles. The number of nitrogens with one attached hydrogen (secondary N) is 1. The van der Waals surface area contributed by atoms with E-state index in [-0.39, 0.29) is 29.2 Å². The molecule has 1 fully saturated rings. The van der Waals surface area contributed by atoms with Crippen LogP contribution in [0.25, 0.3) is 10.9 Å². The zero-order valence-electron chi connectivity index (χ0n) is 22.9. The third-order valence-electron chi connectivity index (χ3n) is 7.13. The number of halogens is 2. The van der Waals surface area contributed by atoms with Crippen molar-refractivity contribution in [3.05, 3.63) is 77.5 Å². The highest BCUT2D eigenvalue weighted by molar-refractivity contribution is 7.85. The fourth-order valence-corrected chi connectivity index (χ4v) is 5.66.